The van der Waals surface area contributed by atoms with Crippen LogP contribution in [-0.4, -0.2) is 169 Å². The van der Waals surface area contributed by atoms with E-state index in [1.54, 1.807) is 19.9 Å². The number of sulfonamides is 1. The number of ether oxygens (including phenoxy) is 4. The van der Waals surface area contributed by atoms with Gasteiger partial charge in [-0.1, -0.05) is 72.5 Å². The number of amides is 6. The Morgan fingerprint density at radius 2 is 1.31 bits per heavy atom. The van der Waals surface area contributed by atoms with Crippen molar-refractivity contribution in [3.8, 4) is 45.6 Å². The molecule has 101 heavy (non-hydrogen) atoms. The zero-order chi connectivity index (χ0) is 73.3. The highest BCUT2D eigenvalue weighted by Crippen LogP contribution is 2.54. The first-order chi connectivity index (χ1) is 47.9. The molecule has 7 aliphatic rings. The highest BCUT2D eigenvalue weighted by atomic mass is 35.5. The van der Waals surface area contributed by atoms with Crippen molar-refractivity contribution in [2.75, 3.05) is 19.7 Å². The number of aliphatic hydroxyl groups excluding tert-OH is 6. The first-order valence-electron chi connectivity index (χ1n) is 31.6. The van der Waals surface area contributed by atoms with Gasteiger partial charge >= 0.3 is 5.97 Å². The Balaban J connectivity index is 1.13. The summed E-state index contributed by atoms with van der Waals surface area (Å²) in [6.45, 7) is 2.45. The molecule has 1 saturated heterocycles. The number of carboxylic acids is 1. The van der Waals surface area contributed by atoms with Crippen molar-refractivity contribution < 1.29 is 112 Å². The molecule has 6 heterocycles. The number of unbranched alkanes of at least 4 members (excludes halogenated alkanes) is 3. The van der Waals surface area contributed by atoms with E-state index in [1.807, 2.05) is 0 Å². The van der Waals surface area contributed by atoms with Crippen molar-refractivity contribution in [1.82, 2.24) is 36.6 Å². The molecule has 32 nitrogen and oxygen atoms in total. The monoisotopic (exact) mass is 1460 g/mol. The largest absolute Gasteiger partial charge is 0.508 e. The van der Waals surface area contributed by atoms with Crippen molar-refractivity contribution in [1.29, 1.82) is 0 Å². The maximum absolute atomic E-state index is 15.9. The molecule has 1 aliphatic carbocycles. The summed E-state index contributed by atoms with van der Waals surface area (Å²) in [5, 5.41) is 129. The lowest BCUT2D eigenvalue weighted by Gasteiger charge is -2.39. The molecule has 5 aromatic rings. The van der Waals surface area contributed by atoms with Gasteiger partial charge in [0.1, 0.15) is 84.1 Å². The molecule has 6 aliphatic heterocycles. The number of aliphatic hydroxyl groups is 8. The third kappa shape index (κ3) is 15.5. The Hall–Kier alpha value is -8.88. The van der Waals surface area contributed by atoms with Gasteiger partial charge in [0.05, 0.1) is 28.0 Å². The molecular formula is C66H73Cl2N9O23S. The van der Waals surface area contributed by atoms with E-state index in [1.165, 1.54) is 30.4 Å². The topological polar surface area (TPSA) is 529 Å². The van der Waals surface area contributed by atoms with Gasteiger partial charge in [-0.15, -0.1) is 0 Å². The number of nitrogens with one attached hydrogen (secondary N) is 7. The van der Waals surface area contributed by atoms with Gasteiger partial charge in [0, 0.05) is 29.8 Å². The fraction of sp³-hybridized carbons (Fsp3) is 0.379. The number of phenols is 1. The van der Waals surface area contributed by atoms with Crippen LogP contribution in [0.1, 0.15) is 121 Å². The maximum atomic E-state index is 15.9. The molecule has 5 aromatic carbocycles. The van der Waals surface area contributed by atoms with Crippen LogP contribution < -0.4 is 62.3 Å². The van der Waals surface area contributed by atoms with Crippen LogP contribution in [0.5, 0.6) is 34.5 Å². The summed E-state index contributed by atoms with van der Waals surface area (Å²) in [5.74, 6) is -16.2. The number of carbonyl (C=O) groups excluding carboxylic acids is 6. The first kappa shape index (κ1) is 74.8. The number of rotatable bonds is 18. The highest BCUT2D eigenvalue weighted by Gasteiger charge is 2.49. The van der Waals surface area contributed by atoms with Crippen LogP contribution in [0.25, 0.3) is 11.1 Å². The maximum Gasteiger partial charge on any atom is 0.330 e. The highest BCUT2D eigenvalue weighted by molar-refractivity contribution is 7.93. The molecule has 540 valence electrons. The Morgan fingerprint density at radius 3 is 1.91 bits per heavy atom. The minimum Gasteiger partial charge on any atom is -0.508 e. The van der Waals surface area contributed by atoms with Crippen molar-refractivity contribution in [2.45, 2.75) is 137 Å². The second-order valence-corrected chi connectivity index (χ2v) is 27.0. The summed E-state index contributed by atoms with van der Waals surface area (Å²) < 4.78 is 52.8. The lowest BCUT2D eigenvalue weighted by atomic mass is 9.88. The fourth-order valence-electron chi connectivity index (χ4n) is 12.4. The Morgan fingerprint density at radius 1 is 0.703 bits per heavy atom. The van der Waals surface area contributed by atoms with E-state index in [9.17, 15) is 78.7 Å². The van der Waals surface area contributed by atoms with E-state index in [2.05, 4.69) is 36.6 Å². The standard InChI is InChI=1S/C66H73Cl2N9O23S/c1-3-9-31(4-2)101(95,96)72-17-8-6-5-7-16-71-25-34-39(79)23-33-46-32-18-27(10-13-35(32)66(93,94)47(34)46)49-61(88)77-52(63(90)76-51(33)64(91)92)54(82)29-12-15-41(37(68)20-29)98-43-22-30-21-42(58(43)100-65-57(85)56(84)55(83)44(26-78)99-65)97-40-14-11-28(19-36(40)67)53(81)48(70)60(87)73-38(24-45(69)80)59(86)74-50(30)62(89)75-49/h3-4,9-15,18-23,38,44,48-57,65,71-72,78-79,81-85,93-94H,5-8,16-17,24-26,70H2,1-2H3,(H2,69,80)(H,73,87)(H,74,86)(H,75,89)(H,76,90)(H,77,88)(H,91,92). The molecule has 0 spiro atoms. The van der Waals surface area contributed by atoms with Crippen LogP contribution in [0.15, 0.2) is 95.9 Å². The molecule has 0 radical (unpaired) electrons. The van der Waals surface area contributed by atoms with E-state index >= 15 is 14.4 Å². The van der Waals surface area contributed by atoms with Gasteiger partial charge in [-0.25, -0.2) is 17.9 Å². The van der Waals surface area contributed by atoms with Gasteiger partial charge in [0.2, 0.25) is 63.3 Å². The number of allylic oxidation sites excluding steroid dienone is 3. The fourth-order valence-corrected chi connectivity index (χ4v) is 14.0. The molecule has 0 aromatic heterocycles. The number of benzene rings is 5. The van der Waals surface area contributed by atoms with Gasteiger partial charge in [0.25, 0.3) is 0 Å². The van der Waals surface area contributed by atoms with Gasteiger partial charge < -0.3 is 113 Å². The molecule has 21 N–H and O–H groups in total. The number of nitrogens with two attached hydrogens (primary N) is 2. The van der Waals surface area contributed by atoms with Crippen LogP contribution in [-0.2, 0) is 60.7 Å². The number of phenolic OH excluding ortho intramolecular Hbond substituents is 1. The van der Waals surface area contributed by atoms with Crippen molar-refractivity contribution in [3.05, 3.63) is 150 Å². The minimum atomic E-state index is -3.73. The van der Waals surface area contributed by atoms with Gasteiger partial charge in [0.15, 0.2) is 17.5 Å². The zero-order valence-corrected chi connectivity index (χ0v) is 56.0. The normalized spacial score (nSPS) is 25.8. The van der Waals surface area contributed by atoms with E-state index < -0.39 is 194 Å². The van der Waals surface area contributed by atoms with E-state index in [0.717, 1.165) is 54.6 Å². The molecule has 1 fully saturated rings. The summed E-state index contributed by atoms with van der Waals surface area (Å²) in [4.78, 5) is 102. The predicted molar refractivity (Wildman–Crippen MR) is 354 cm³/mol. The third-order valence-corrected chi connectivity index (χ3v) is 19.8. The molecule has 0 saturated carbocycles. The number of primary amides is 1. The Labute approximate surface area is 585 Å². The summed E-state index contributed by atoms with van der Waals surface area (Å²) in [6.07, 6.45) is -8.20. The number of hydrogen-bond acceptors (Lipinski definition) is 24. The van der Waals surface area contributed by atoms with Crippen LogP contribution in [0, 0.1) is 0 Å². The molecule has 6 amide bonds. The Kier molecular flexibility index (Phi) is 22.8. The van der Waals surface area contributed by atoms with Gasteiger partial charge in [-0.3, -0.25) is 28.8 Å². The van der Waals surface area contributed by atoms with Crippen LogP contribution >= 0.6 is 23.2 Å². The van der Waals surface area contributed by atoms with E-state index in [4.69, 9.17) is 53.6 Å². The third-order valence-electron chi connectivity index (χ3n) is 17.6. The van der Waals surface area contributed by atoms with E-state index in [-0.39, 0.29) is 80.0 Å². The average Bonchev–Trinajstić information content (AvgIpc) is 1.56. The zero-order valence-electron chi connectivity index (χ0n) is 53.6. The quantitative estimate of drug-likeness (QED) is 0.0317. The SMILES string of the molecule is CC=CC(=CC)S(=O)(=O)NCCCCCCNCc1c(O)cc2c3c1C(O)(O)c1ccc(cc1-3)C1NC(=O)C3NC(=O)C(CC(N)=O)NC(=O)C(N)C(O)c4ccc(c(Cl)c4)Oc4cc3cc(c4OC3OC(CO)C(O)C(O)C3O)Oc3ccc(cc3Cl)C(O)C(NC1=O)C(=O)NC2C(=O)O. The molecule has 35 heteroatoms. The second-order valence-electron chi connectivity index (χ2n) is 24.4. The predicted octanol–water partition coefficient (Wildman–Crippen LogP) is 0.214. The Bertz CT molecular complexity index is 4290. The molecule has 13 atom stereocenters. The molecular weight excluding hydrogens is 1390 g/mol. The van der Waals surface area contributed by atoms with Crippen molar-refractivity contribution >= 4 is 74.6 Å². The smallest absolute Gasteiger partial charge is 0.330 e. The van der Waals surface area contributed by atoms with Crippen molar-refractivity contribution in [2.24, 2.45) is 11.5 Å². The summed E-state index contributed by atoms with van der Waals surface area (Å²) in [6, 6.07) is 0.369. The number of aromatic hydroxyl groups is 1. The van der Waals surface area contributed by atoms with Crippen LogP contribution in [0.4, 0.5) is 0 Å². The molecule has 13 unspecified atom stereocenters. The number of fused-ring (bicyclic) bond motifs is 12. The number of carbonyl (C=O) groups is 7. The lowest BCUT2D eigenvalue weighted by molar-refractivity contribution is -0.277. The summed E-state index contributed by atoms with van der Waals surface area (Å²) in [7, 11) is -3.73. The minimum absolute atomic E-state index is 0.0938. The number of aliphatic carboxylic acids is 1. The summed E-state index contributed by atoms with van der Waals surface area (Å²) in [5.41, 5.74) is 8.77. The number of carboxylic acid groups (broad SMARTS) is 1. The van der Waals surface area contributed by atoms with Crippen LogP contribution in [0.3, 0.4) is 0 Å². The number of halogens is 2. The van der Waals surface area contributed by atoms with E-state index in [0.29, 0.717) is 25.7 Å². The van der Waals surface area contributed by atoms with Gasteiger partial charge in [-0.05, 0) is 127 Å². The molecule has 11 bridgehead atoms. The van der Waals surface area contributed by atoms with Gasteiger partial charge in [-0.2, -0.15) is 0 Å². The summed E-state index contributed by atoms with van der Waals surface area (Å²) >= 11 is 13.8. The molecule has 12 rings (SSSR count). The number of hydrogen-bond donors (Lipinski definition) is 19. The van der Waals surface area contributed by atoms with Crippen LogP contribution in [0.2, 0.25) is 10.0 Å². The first-order valence-corrected chi connectivity index (χ1v) is 33.9. The van der Waals surface area contributed by atoms with Crippen molar-refractivity contribution in [3.63, 3.8) is 0 Å². The lowest BCUT2D eigenvalue weighted by Crippen LogP contribution is -2.60. The second kappa shape index (κ2) is 30.8. The average molecular weight is 1460 g/mol.